The van der Waals surface area contributed by atoms with Gasteiger partial charge < -0.3 is 34.4 Å². The first-order valence-electron chi connectivity index (χ1n) is 19.0. The van der Waals surface area contributed by atoms with E-state index in [4.69, 9.17) is 32.7 Å². The first kappa shape index (κ1) is 42.5. The van der Waals surface area contributed by atoms with Gasteiger partial charge >= 0.3 is 12.2 Å². The minimum atomic E-state index is -0.445. The van der Waals surface area contributed by atoms with Gasteiger partial charge in [-0.25, -0.2) is 9.59 Å². The molecule has 2 aromatic rings. The molecule has 1 N–H and O–H groups in total. The number of carbonyl (C=O) groups excluding carboxylic acids is 3. The topological polar surface area (TPSA) is 97.9 Å². The van der Waals surface area contributed by atoms with E-state index < -0.39 is 5.60 Å². The number of piperazine rings is 2. The Balaban J connectivity index is 0.000000196. The summed E-state index contributed by atoms with van der Waals surface area (Å²) in [7, 11) is 0. The second kappa shape index (κ2) is 19.9. The largest absolute Gasteiger partial charge is 0.444 e. The number of halogens is 2. The number of aldehydes is 1. The van der Waals surface area contributed by atoms with E-state index in [2.05, 4.69) is 26.1 Å². The van der Waals surface area contributed by atoms with Crippen LogP contribution in [0.15, 0.2) is 36.4 Å². The van der Waals surface area contributed by atoms with E-state index in [0.29, 0.717) is 23.7 Å². The van der Waals surface area contributed by atoms with Crippen LogP contribution in [-0.4, -0.2) is 123 Å². The Morgan fingerprint density at radius 2 is 1.11 bits per heavy atom. The van der Waals surface area contributed by atoms with Crippen LogP contribution in [0.5, 0.6) is 0 Å². The third-order valence-corrected chi connectivity index (χ3v) is 9.86. The van der Waals surface area contributed by atoms with Gasteiger partial charge in [0.05, 0.1) is 21.4 Å². The summed E-state index contributed by atoms with van der Waals surface area (Å²) in [6.07, 6.45) is 5.30. The lowest BCUT2D eigenvalue weighted by atomic mass is 10.1. The minimum Gasteiger partial charge on any atom is -0.444 e. The van der Waals surface area contributed by atoms with Crippen LogP contribution in [0.2, 0.25) is 10.0 Å². The molecule has 4 fully saturated rings. The van der Waals surface area contributed by atoms with E-state index in [-0.39, 0.29) is 17.8 Å². The van der Waals surface area contributed by atoms with Gasteiger partial charge in [-0.3, -0.25) is 9.69 Å². The predicted molar refractivity (Wildman–Crippen MR) is 215 cm³/mol. The zero-order chi connectivity index (χ0) is 38.6. The molecule has 4 heterocycles. The van der Waals surface area contributed by atoms with Crippen molar-refractivity contribution in [1.82, 2.24) is 20.0 Å². The fourth-order valence-electron chi connectivity index (χ4n) is 6.71. The first-order valence-corrected chi connectivity index (χ1v) is 19.8. The van der Waals surface area contributed by atoms with Crippen LogP contribution >= 0.6 is 23.2 Å². The predicted octanol–water partition coefficient (Wildman–Crippen LogP) is 7.57. The summed E-state index contributed by atoms with van der Waals surface area (Å²) >= 11 is 12.6. The molecule has 4 saturated heterocycles. The smallest absolute Gasteiger partial charge is 0.410 e. The molecular weight excluding hydrogens is 715 g/mol. The van der Waals surface area contributed by atoms with Crippen LogP contribution in [0.3, 0.4) is 0 Å². The van der Waals surface area contributed by atoms with Gasteiger partial charge in [0.15, 0.2) is 6.29 Å². The molecule has 294 valence electrons. The molecule has 0 bridgehead atoms. The average Bonchev–Trinajstić information content (AvgIpc) is 3.84. The van der Waals surface area contributed by atoms with E-state index in [0.717, 1.165) is 89.0 Å². The molecule has 0 unspecified atom stereocenters. The summed E-state index contributed by atoms with van der Waals surface area (Å²) in [4.78, 5) is 45.1. The Bertz CT molecular complexity index is 1490. The number of para-hydroxylation sites is 2. The highest BCUT2D eigenvalue weighted by atomic mass is 35.5. The molecule has 0 aliphatic carbocycles. The summed E-state index contributed by atoms with van der Waals surface area (Å²) in [5.74, 6) is 0. The van der Waals surface area contributed by atoms with Gasteiger partial charge in [-0.05, 0) is 91.0 Å². The van der Waals surface area contributed by atoms with Crippen molar-refractivity contribution in [3.63, 3.8) is 0 Å². The zero-order valence-electron chi connectivity index (χ0n) is 32.6. The Morgan fingerprint density at radius 1 is 0.660 bits per heavy atom. The first-order chi connectivity index (χ1) is 25.1. The van der Waals surface area contributed by atoms with Crippen molar-refractivity contribution in [2.24, 2.45) is 0 Å². The van der Waals surface area contributed by atoms with Crippen molar-refractivity contribution in [3.05, 3.63) is 57.6 Å². The molecule has 13 heteroatoms. The zero-order valence-corrected chi connectivity index (χ0v) is 34.1. The van der Waals surface area contributed by atoms with Crippen LogP contribution in [-0.2, 0) is 16.0 Å². The quantitative estimate of drug-likeness (QED) is 0.309. The van der Waals surface area contributed by atoms with E-state index in [9.17, 15) is 14.4 Å². The van der Waals surface area contributed by atoms with Crippen molar-refractivity contribution >= 4 is 53.0 Å². The van der Waals surface area contributed by atoms with Gasteiger partial charge in [0.2, 0.25) is 0 Å². The number of nitrogens with zero attached hydrogens (tertiary/aromatic N) is 5. The standard InChI is InChI=1S/C20H30ClN3O2.C11H12ClNO.C9H18N2O2/c1-20(2,3)26-19(25)24-13-11-22(12-14-24)15-16-7-6-8-17(21)18(16)23-9-4-5-10-23;12-10-5-3-4-9(8-14)11(10)13-6-1-2-7-13;1-9(2,3)13-8(12)11-6-4-10-5-7-11/h6-8H,4-5,9-15H2,1-3H3;3-5,8H,1-2,6-7H2;10H,4-7H2,1-3H3. The number of benzene rings is 2. The van der Waals surface area contributed by atoms with Crippen LogP contribution in [0.1, 0.15) is 83.1 Å². The molecule has 0 saturated carbocycles. The van der Waals surface area contributed by atoms with Crippen molar-refractivity contribution in [2.75, 3.05) is 88.3 Å². The summed E-state index contributed by atoms with van der Waals surface area (Å²) in [6, 6.07) is 11.7. The number of nitrogens with one attached hydrogen (secondary N) is 1. The minimum absolute atomic E-state index is 0.200. The van der Waals surface area contributed by atoms with E-state index in [1.54, 1.807) is 9.80 Å². The molecule has 0 atom stereocenters. The van der Waals surface area contributed by atoms with Crippen molar-refractivity contribution in [3.8, 4) is 0 Å². The Kier molecular flexibility index (Phi) is 15.9. The van der Waals surface area contributed by atoms with Gasteiger partial charge in [0, 0.05) is 90.6 Å². The van der Waals surface area contributed by atoms with Gasteiger partial charge in [-0.1, -0.05) is 41.4 Å². The molecule has 0 spiro atoms. The molecule has 0 radical (unpaired) electrons. The lowest BCUT2D eigenvalue weighted by Crippen LogP contribution is -2.49. The van der Waals surface area contributed by atoms with Crippen molar-refractivity contribution in [2.45, 2.75) is 85.0 Å². The number of amides is 2. The molecule has 4 aliphatic heterocycles. The summed E-state index contributed by atoms with van der Waals surface area (Å²) in [6.45, 7) is 22.7. The summed E-state index contributed by atoms with van der Waals surface area (Å²) in [5.41, 5.74) is 3.24. The highest BCUT2D eigenvalue weighted by Crippen LogP contribution is 2.34. The van der Waals surface area contributed by atoms with Crippen molar-refractivity contribution in [1.29, 1.82) is 0 Å². The van der Waals surface area contributed by atoms with Crippen LogP contribution in [0.4, 0.5) is 21.0 Å². The third-order valence-electron chi connectivity index (χ3n) is 9.25. The van der Waals surface area contributed by atoms with E-state index in [1.807, 2.05) is 71.9 Å². The van der Waals surface area contributed by atoms with Crippen LogP contribution in [0.25, 0.3) is 0 Å². The Labute approximate surface area is 326 Å². The highest BCUT2D eigenvalue weighted by molar-refractivity contribution is 6.34. The normalized spacial score (nSPS) is 18.1. The molecule has 2 aromatic carbocycles. The number of hydrogen-bond acceptors (Lipinski definition) is 9. The number of rotatable bonds is 5. The third kappa shape index (κ3) is 13.5. The lowest BCUT2D eigenvalue weighted by Gasteiger charge is -2.36. The molecule has 11 nitrogen and oxygen atoms in total. The van der Waals surface area contributed by atoms with E-state index >= 15 is 0 Å². The summed E-state index contributed by atoms with van der Waals surface area (Å²) < 4.78 is 10.7. The second-order valence-corrected chi connectivity index (χ2v) is 16.7. The molecule has 0 aromatic heterocycles. The van der Waals surface area contributed by atoms with Gasteiger partial charge in [-0.15, -0.1) is 0 Å². The van der Waals surface area contributed by atoms with Gasteiger partial charge in [0.1, 0.15) is 11.2 Å². The van der Waals surface area contributed by atoms with Crippen molar-refractivity contribution < 1.29 is 23.9 Å². The number of ether oxygens (including phenoxy) is 2. The highest BCUT2D eigenvalue weighted by Gasteiger charge is 2.27. The van der Waals surface area contributed by atoms with Crippen LogP contribution in [0, 0.1) is 0 Å². The lowest BCUT2D eigenvalue weighted by molar-refractivity contribution is 0.0138. The molecule has 2 amide bonds. The van der Waals surface area contributed by atoms with Crippen LogP contribution < -0.4 is 15.1 Å². The molecule has 4 aliphatic rings. The second-order valence-electron chi connectivity index (χ2n) is 15.9. The SMILES string of the molecule is CC(C)(C)OC(=O)N1CCN(Cc2cccc(Cl)c2N2CCCC2)CC1.CC(C)(C)OC(=O)N1CCNCC1.O=Cc1cccc(Cl)c1N1CCCC1. The number of hydrogen-bond donors (Lipinski definition) is 1. The maximum atomic E-state index is 12.2. The fourth-order valence-corrected chi connectivity index (χ4v) is 7.33. The monoisotopic (exact) mass is 774 g/mol. The Morgan fingerprint density at radius 3 is 1.60 bits per heavy atom. The maximum Gasteiger partial charge on any atom is 0.410 e. The fraction of sp³-hybridized carbons (Fsp3) is 0.625. The Hall–Kier alpha value is -3.25. The van der Waals surface area contributed by atoms with Gasteiger partial charge in [-0.2, -0.15) is 0 Å². The molecule has 6 rings (SSSR count). The average molecular weight is 776 g/mol. The summed E-state index contributed by atoms with van der Waals surface area (Å²) in [5, 5.41) is 4.70. The molecule has 53 heavy (non-hydrogen) atoms. The number of anilines is 2. The molecular formula is C40H60Cl2N6O5. The maximum absolute atomic E-state index is 12.2. The van der Waals surface area contributed by atoms with Gasteiger partial charge in [0.25, 0.3) is 0 Å². The van der Waals surface area contributed by atoms with E-state index in [1.165, 1.54) is 36.9 Å². The number of carbonyl (C=O) groups is 3.